The molecule has 8 heteroatoms. The second kappa shape index (κ2) is 7.29. The number of thiophene rings is 1. The average Bonchev–Trinajstić information content (AvgIpc) is 3.29. The molecular formula is C17H21N3O3S2. The first kappa shape index (κ1) is 18.1. The second-order valence-corrected chi connectivity index (χ2v) is 8.40. The molecule has 3 rings (SSSR count). The van der Waals surface area contributed by atoms with Crippen LogP contribution in [0.2, 0.25) is 0 Å². The van der Waals surface area contributed by atoms with Crippen LogP contribution < -0.4 is 5.32 Å². The van der Waals surface area contributed by atoms with Crippen LogP contribution in [0.25, 0.3) is 10.2 Å². The number of nitrogens with zero attached hydrogens (tertiary/aromatic N) is 2. The number of aromatic nitrogens is 2. The summed E-state index contributed by atoms with van der Waals surface area (Å²) in [5.41, 5.74) is 0.816. The van der Waals surface area contributed by atoms with Gasteiger partial charge in [-0.2, -0.15) is 0 Å². The fourth-order valence-electron chi connectivity index (χ4n) is 2.45. The maximum absolute atomic E-state index is 12.3. The molecule has 0 radical (unpaired) electrons. The van der Waals surface area contributed by atoms with Crippen LogP contribution in [0.4, 0.5) is 0 Å². The lowest BCUT2D eigenvalue weighted by molar-refractivity contribution is -0.120. The van der Waals surface area contributed by atoms with Gasteiger partial charge in [0.15, 0.2) is 0 Å². The van der Waals surface area contributed by atoms with E-state index in [-0.39, 0.29) is 17.1 Å². The van der Waals surface area contributed by atoms with E-state index in [1.54, 1.807) is 6.92 Å². The van der Waals surface area contributed by atoms with E-state index in [1.807, 2.05) is 20.8 Å². The summed E-state index contributed by atoms with van der Waals surface area (Å²) in [5.74, 6) is 0.313. The van der Waals surface area contributed by atoms with Crippen LogP contribution in [0, 0.1) is 13.8 Å². The zero-order valence-electron chi connectivity index (χ0n) is 14.7. The third kappa shape index (κ3) is 3.95. The molecule has 0 unspecified atom stereocenters. The Kier molecular flexibility index (Phi) is 5.29. The SMILES string of the molecule is CCOC(=O)c1sc2nc(C)nc(S[C@@H](C)C(=O)NC3CC3)c2c1C. The fourth-order valence-corrected chi connectivity index (χ4v) is 4.69. The minimum absolute atomic E-state index is 0.0235. The van der Waals surface area contributed by atoms with E-state index in [9.17, 15) is 9.59 Å². The Balaban J connectivity index is 1.93. The molecule has 0 bridgehead atoms. The van der Waals surface area contributed by atoms with Crippen molar-refractivity contribution < 1.29 is 14.3 Å². The van der Waals surface area contributed by atoms with E-state index in [4.69, 9.17) is 4.74 Å². The van der Waals surface area contributed by atoms with Crippen LogP contribution in [0.1, 0.15) is 47.7 Å². The van der Waals surface area contributed by atoms with Gasteiger partial charge in [0.25, 0.3) is 0 Å². The molecule has 0 aromatic carbocycles. The Morgan fingerprint density at radius 2 is 2.08 bits per heavy atom. The highest BCUT2D eigenvalue weighted by molar-refractivity contribution is 8.00. The van der Waals surface area contributed by atoms with Crippen molar-refractivity contribution in [2.75, 3.05) is 6.61 Å². The predicted molar refractivity (Wildman–Crippen MR) is 99.3 cm³/mol. The summed E-state index contributed by atoms with van der Waals surface area (Å²) in [7, 11) is 0. The van der Waals surface area contributed by atoms with Gasteiger partial charge in [-0.15, -0.1) is 11.3 Å². The summed E-state index contributed by atoms with van der Waals surface area (Å²) in [5, 5.41) is 4.34. The van der Waals surface area contributed by atoms with Crippen LogP contribution in [-0.4, -0.2) is 39.7 Å². The third-order valence-corrected chi connectivity index (χ3v) is 6.16. The number of fused-ring (bicyclic) bond motifs is 1. The number of esters is 1. The lowest BCUT2D eigenvalue weighted by Gasteiger charge is -2.12. The van der Waals surface area contributed by atoms with Crippen molar-refractivity contribution in [3.05, 3.63) is 16.3 Å². The van der Waals surface area contributed by atoms with Gasteiger partial charge in [-0.25, -0.2) is 14.8 Å². The minimum Gasteiger partial charge on any atom is -0.462 e. The molecule has 2 aromatic heterocycles. The van der Waals surface area contributed by atoms with E-state index in [0.717, 1.165) is 33.6 Å². The van der Waals surface area contributed by atoms with E-state index in [0.29, 0.717) is 23.4 Å². The number of thioether (sulfide) groups is 1. The number of hydrogen-bond donors (Lipinski definition) is 1. The van der Waals surface area contributed by atoms with Gasteiger partial charge in [0.1, 0.15) is 20.6 Å². The number of hydrogen-bond acceptors (Lipinski definition) is 7. The maximum Gasteiger partial charge on any atom is 0.348 e. The summed E-state index contributed by atoms with van der Waals surface area (Å²) in [6, 6.07) is 0.334. The Labute approximate surface area is 154 Å². The Morgan fingerprint density at radius 1 is 1.36 bits per heavy atom. The molecule has 25 heavy (non-hydrogen) atoms. The van der Waals surface area contributed by atoms with Gasteiger partial charge in [-0.3, -0.25) is 4.79 Å². The van der Waals surface area contributed by atoms with Gasteiger partial charge < -0.3 is 10.1 Å². The van der Waals surface area contributed by atoms with Crippen molar-refractivity contribution in [3.63, 3.8) is 0 Å². The van der Waals surface area contributed by atoms with Gasteiger partial charge in [0, 0.05) is 11.4 Å². The van der Waals surface area contributed by atoms with Crippen LogP contribution in [0.3, 0.4) is 0 Å². The van der Waals surface area contributed by atoms with E-state index >= 15 is 0 Å². The quantitative estimate of drug-likeness (QED) is 0.471. The normalized spacial score (nSPS) is 15.2. The molecule has 1 saturated carbocycles. The van der Waals surface area contributed by atoms with Gasteiger partial charge in [-0.1, -0.05) is 11.8 Å². The Morgan fingerprint density at radius 3 is 2.72 bits per heavy atom. The first-order chi connectivity index (χ1) is 11.9. The molecule has 0 spiro atoms. The second-order valence-electron chi connectivity index (χ2n) is 6.08. The number of nitrogens with one attached hydrogen (secondary N) is 1. The minimum atomic E-state index is -0.337. The molecule has 0 aliphatic heterocycles. The lowest BCUT2D eigenvalue weighted by atomic mass is 10.2. The molecular weight excluding hydrogens is 358 g/mol. The van der Waals surface area contributed by atoms with Crippen LogP contribution in [0.15, 0.2) is 5.03 Å². The molecule has 1 N–H and O–H groups in total. The highest BCUT2D eigenvalue weighted by Gasteiger charge is 2.27. The maximum atomic E-state index is 12.3. The molecule has 6 nitrogen and oxygen atoms in total. The molecule has 2 heterocycles. The summed E-state index contributed by atoms with van der Waals surface area (Å²) in [6.07, 6.45) is 2.12. The first-order valence-electron chi connectivity index (χ1n) is 8.32. The van der Waals surface area contributed by atoms with Gasteiger partial charge in [-0.05, 0) is 46.1 Å². The molecule has 1 atom stereocenters. The van der Waals surface area contributed by atoms with Crippen LogP contribution in [0.5, 0.6) is 0 Å². The number of carbonyl (C=O) groups excluding carboxylic acids is 2. The Bertz CT molecular complexity index is 830. The van der Waals surface area contributed by atoms with Gasteiger partial charge in [0.2, 0.25) is 5.91 Å². The molecule has 1 amide bonds. The van der Waals surface area contributed by atoms with Gasteiger partial charge in [0.05, 0.1) is 11.9 Å². The van der Waals surface area contributed by atoms with Crippen molar-refractivity contribution in [1.82, 2.24) is 15.3 Å². The average molecular weight is 380 g/mol. The zero-order chi connectivity index (χ0) is 18.1. The summed E-state index contributed by atoms with van der Waals surface area (Å²) in [6.45, 7) is 7.68. The third-order valence-electron chi connectivity index (χ3n) is 3.91. The number of aryl methyl sites for hydroxylation is 2. The fraction of sp³-hybridized carbons (Fsp3) is 0.529. The molecule has 1 aliphatic rings. The van der Waals surface area contributed by atoms with Crippen LogP contribution in [-0.2, 0) is 9.53 Å². The summed E-state index contributed by atoms with van der Waals surface area (Å²) >= 11 is 2.73. The molecule has 134 valence electrons. The lowest BCUT2D eigenvalue weighted by Crippen LogP contribution is -2.32. The van der Waals surface area contributed by atoms with Crippen molar-refractivity contribution >= 4 is 45.2 Å². The van der Waals surface area contributed by atoms with Crippen molar-refractivity contribution in [2.45, 2.75) is 56.9 Å². The largest absolute Gasteiger partial charge is 0.462 e. The first-order valence-corrected chi connectivity index (χ1v) is 10.0. The zero-order valence-corrected chi connectivity index (χ0v) is 16.3. The summed E-state index contributed by atoms with van der Waals surface area (Å²) in [4.78, 5) is 34.7. The van der Waals surface area contributed by atoms with Crippen molar-refractivity contribution in [2.24, 2.45) is 0 Å². The number of ether oxygens (including phenoxy) is 1. The van der Waals surface area contributed by atoms with Crippen molar-refractivity contribution in [3.8, 4) is 0 Å². The van der Waals surface area contributed by atoms with E-state index in [1.165, 1.54) is 23.1 Å². The highest BCUT2D eigenvalue weighted by atomic mass is 32.2. The predicted octanol–water partition coefficient (Wildman–Crippen LogP) is 3.24. The molecule has 0 saturated heterocycles. The molecule has 1 aliphatic carbocycles. The standard InChI is InChI=1S/C17H21N3O3S2/c1-5-23-17(22)13-8(2)12-15(18-10(4)19-16(12)25-13)24-9(3)14(21)20-11-6-7-11/h9,11H,5-7H2,1-4H3,(H,20,21)/t9-/m0/s1. The number of carbonyl (C=O) groups is 2. The Hall–Kier alpha value is -1.67. The van der Waals surface area contributed by atoms with E-state index < -0.39 is 0 Å². The van der Waals surface area contributed by atoms with Crippen LogP contribution >= 0.6 is 23.1 Å². The van der Waals surface area contributed by atoms with E-state index in [2.05, 4.69) is 15.3 Å². The smallest absolute Gasteiger partial charge is 0.348 e. The van der Waals surface area contributed by atoms with Crippen molar-refractivity contribution in [1.29, 1.82) is 0 Å². The summed E-state index contributed by atoms with van der Waals surface area (Å²) < 4.78 is 5.13. The highest BCUT2D eigenvalue weighted by Crippen LogP contribution is 2.37. The topological polar surface area (TPSA) is 81.2 Å². The molecule has 2 aromatic rings. The monoisotopic (exact) mass is 379 g/mol. The number of rotatable bonds is 6. The molecule has 1 fully saturated rings. The van der Waals surface area contributed by atoms with Gasteiger partial charge >= 0.3 is 5.97 Å². The number of amides is 1.